The van der Waals surface area contributed by atoms with Crippen molar-refractivity contribution in [2.45, 2.75) is 6.92 Å². The average Bonchev–Trinajstić information content (AvgIpc) is 1.61. The van der Waals surface area contributed by atoms with Crippen molar-refractivity contribution >= 4 is 5.97 Å². The molecule has 0 unspecified atom stereocenters. The molecule has 0 amide bonds. The van der Waals surface area contributed by atoms with Crippen molar-refractivity contribution in [3.05, 3.63) is 23.3 Å². The van der Waals surface area contributed by atoms with Crippen molar-refractivity contribution in [3.8, 4) is 0 Å². The van der Waals surface area contributed by atoms with E-state index < -0.39 is 5.97 Å². The Morgan fingerprint density at radius 1 is 1.62 bits per heavy atom. The molecule has 8 heavy (non-hydrogen) atoms. The van der Waals surface area contributed by atoms with E-state index in [1.807, 2.05) is 0 Å². The van der Waals surface area contributed by atoms with E-state index in [9.17, 15) is 4.79 Å². The maximum atomic E-state index is 10.1. The summed E-state index contributed by atoms with van der Waals surface area (Å²) >= 11 is 0. The molecule has 0 atom stereocenters. The van der Waals surface area contributed by atoms with Gasteiger partial charge in [-0.25, -0.2) is 4.79 Å². The van der Waals surface area contributed by atoms with E-state index in [0.717, 1.165) is 5.57 Å². The van der Waals surface area contributed by atoms with Gasteiger partial charge in [-0.05, 0) is 18.6 Å². The highest BCUT2D eigenvalue weighted by Gasteiger charge is 2.11. The smallest absolute Gasteiger partial charge is 0.335 e. The Hall–Kier alpha value is -1.05. The maximum absolute atomic E-state index is 10.1. The van der Waals surface area contributed by atoms with Gasteiger partial charge in [0.1, 0.15) is 0 Å². The van der Waals surface area contributed by atoms with Crippen LogP contribution in [0.2, 0.25) is 0 Å². The highest BCUT2D eigenvalue weighted by Crippen LogP contribution is 2.16. The fourth-order valence-corrected chi connectivity index (χ4v) is 0.573. The van der Waals surface area contributed by atoms with Gasteiger partial charge in [0, 0.05) is 0 Å². The molecule has 1 aliphatic rings. The number of allylic oxidation sites excluding steroid dienone is 2. The third-order valence-corrected chi connectivity index (χ3v) is 1.16. The largest absolute Gasteiger partial charge is 0.478 e. The highest BCUT2D eigenvalue weighted by atomic mass is 16.4. The topological polar surface area (TPSA) is 37.3 Å². The molecule has 0 heterocycles. The Morgan fingerprint density at radius 3 is 2.25 bits per heavy atom. The molecule has 0 fully saturated rings. The third kappa shape index (κ3) is 0.541. The summed E-state index contributed by atoms with van der Waals surface area (Å²) in [6, 6.07) is 0. The summed E-state index contributed by atoms with van der Waals surface area (Å²) in [4.78, 5) is 10.1. The summed E-state index contributed by atoms with van der Waals surface area (Å²) in [5.41, 5.74) is 1.29. The molecule has 0 aromatic rings. The molecule has 0 bridgehead atoms. The second kappa shape index (κ2) is 1.47. The number of hydrogen-bond donors (Lipinski definition) is 1. The monoisotopic (exact) mass is 110 g/mol. The summed E-state index contributed by atoms with van der Waals surface area (Å²) < 4.78 is 0. The third-order valence-electron chi connectivity index (χ3n) is 1.16. The Bertz CT molecular complexity index is 187. The van der Waals surface area contributed by atoms with E-state index in [4.69, 9.17) is 5.11 Å². The number of hydrogen-bond acceptors (Lipinski definition) is 1. The first kappa shape index (κ1) is 5.09. The molecule has 2 nitrogen and oxygen atoms in total. The lowest BCUT2D eigenvalue weighted by Crippen LogP contribution is -2.04. The number of carboxylic acids is 1. The first-order chi connectivity index (χ1) is 3.72. The van der Waals surface area contributed by atoms with Crippen molar-refractivity contribution in [3.63, 3.8) is 0 Å². The molecule has 1 aliphatic carbocycles. The van der Waals surface area contributed by atoms with Crippen LogP contribution >= 0.6 is 0 Å². The van der Waals surface area contributed by atoms with E-state index in [-0.39, 0.29) is 0 Å². The normalized spacial score (nSPS) is 16.1. The van der Waals surface area contributed by atoms with Crippen LogP contribution in [0.3, 0.4) is 0 Å². The molecule has 1 N–H and O–H groups in total. The van der Waals surface area contributed by atoms with Gasteiger partial charge in [-0.1, -0.05) is 6.08 Å². The van der Waals surface area contributed by atoms with Gasteiger partial charge in [0.05, 0.1) is 5.57 Å². The van der Waals surface area contributed by atoms with Crippen LogP contribution in [0.4, 0.5) is 0 Å². The predicted octanol–water partition coefficient (Wildman–Crippen LogP) is 0.957. The molecule has 42 valence electrons. The predicted molar refractivity (Wildman–Crippen MR) is 29.5 cm³/mol. The van der Waals surface area contributed by atoms with Crippen LogP contribution < -0.4 is 0 Å². The van der Waals surface area contributed by atoms with E-state index in [1.165, 1.54) is 0 Å². The Morgan fingerprint density at radius 2 is 2.25 bits per heavy atom. The van der Waals surface area contributed by atoms with E-state index in [0.29, 0.717) is 5.57 Å². The van der Waals surface area contributed by atoms with Crippen LogP contribution in [-0.4, -0.2) is 11.1 Å². The summed E-state index contributed by atoms with van der Waals surface area (Å²) in [7, 11) is 0. The number of carbonyl (C=O) groups is 1. The van der Waals surface area contributed by atoms with Crippen molar-refractivity contribution in [2.75, 3.05) is 0 Å². The minimum atomic E-state index is -0.829. The van der Waals surface area contributed by atoms with Crippen molar-refractivity contribution < 1.29 is 9.90 Å². The summed E-state index contributed by atoms with van der Waals surface area (Å²) in [5, 5.41) is 8.29. The molecule has 0 radical (unpaired) electrons. The molecular weight excluding hydrogens is 104 g/mol. The second-order valence-electron chi connectivity index (χ2n) is 1.74. The highest BCUT2D eigenvalue weighted by molar-refractivity contribution is 5.94. The van der Waals surface area contributed by atoms with Crippen LogP contribution in [0.25, 0.3) is 0 Å². The first-order valence-corrected chi connectivity index (χ1v) is 2.34. The Labute approximate surface area is 47.1 Å². The van der Waals surface area contributed by atoms with Crippen LogP contribution in [0.15, 0.2) is 23.3 Å². The number of rotatable bonds is 1. The zero-order valence-electron chi connectivity index (χ0n) is 4.51. The Balaban J connectivity index is 2.76. The standard InChI is InChI=1S/C6H6O2/c1-4-2-3-5(4)6(7)8/h2-3H,1H3,(H,7,8). The fourth-order valence-electron chi connectivity index (χ4n) is 0.573. The van der Waals surface area contributed by atoms with E-state index >= 15 is 0 Å². The van der Waals surface area contributed by atoms with E-state index in [1.54, 1.807) is 19.1 Å². The molecule has 2 heteroatoms. The lowest BCUT2D eigenvalue weighted by molar-refractivity contribution is -0.132. The Kier molecular flexibility index (Phi) is 0.938. The van der Waals surface area contributed by atoms with Gasteiger partial charge in [0.15, 0.2) is 0 Å². The maximum Gasteiger partial charge on any atom is 0.335 e. The molecule has 0 saturated heterocycles. The minimum Gasteiger partial charge on any atom is -0.478 e. The van der Waals surface area contributed by atoms with Gasteiger partial charge in [-0.2, -0.15) is 0 Å². The average molecular weight is 110 g/mol. The van der Waals surface area contributed by atoms with Crippen LogP contribution in [-0.2, 0) is 4.79 Å². The molecular formula is C6H6O2. The van der Waals surface area contributed by atoms with Gasteiger partial charge in [0.25, 0.3) is 0 Å². The summed E-state index contributed by atoms with van der Waals surface area (Å²) in [5.74, 6) is -0.829. The van der Waals surface area contributed by atoms with Gasteiger partial charge in [-0.15, -0.1) is 0 Å². The van der Waals surface area contributed by atoms with Gasteiger partial charge < -0.3 is 5.11 Å². The quantitative estimate of drug-likeness (QED) is 0.545. The van der Waals surface area contributed by atoms with Crippen molar-refractivity contribution in [2.24, 2.45) is 0 Å². The molecule has 0 aromatic heterocycles. The minimum absolute atomic E-state index is 0.435. The van der Waals surface area contributed by atoms with Crippen LogP contribution in [0, 0.1) is 0 Å². The molecule has 0 aliphatic heterocycles. The molecule has 0 spiro atoms. The summed E-state index contributed by atoms with van der Waals surface area (Å²) in [6.45, 7) is 1.78. The van der Waals surface area contributed by atoms with Crippen LogP contribution in [0.1, 0.15) is 6.92 Å². The van der Waals surface area contributed by atoms with Crippen LogP contribution in [0.5, 0.6) is 0 Å². The summed E-state index contributed by atoms with van der Waals surface area (Å²) in [6.07, 6.45) is 3.38. The van der Waals surface area contributed by atoms with Gasteiger partial charge >= 0.3 is 5.97 Å². The fraction of sp³-hybridized carbons (Fsp3) is 0.167. The first-order valence-electron chi connectivity index (χ1n) is 2.34. The van der Waals surface area contributed by atoms with Crippen molar-refractivity contribution in [1.82, 2.24) is 0 Å². The zero-order valence-corrected chi connectivity index (χ0v) is 4.51. The van der Waals surface area contributed by atoms with Crippen molar-refractivity contribution in [1.29, 1.82) is 0 Å². The van der Waals surface area contributed by atoms with E-state index in [2.05, 4.69) is 0 Å². The lowest BCUT2D eigenvalue weighted by atomic mass is 10.0. The number of carboxylic acid groups (broad SMARTS) is 1. The molecule has 0 saturated carbocycles. The second-order valence-corrected chi connectivity index (χ2v) is 1.74. The lowest BCUT2D eigenvalue weighted by Gasteiger charge is -2.05. The van der Waals surface area contributed by atoms with Gasteiger partial charge in [0.2, 0.25) is 0 Å². The number of aliphatic carboxylic acids is 1. The van der Waals surface area contributed by atoms with Gasteiger partial charge in [-0.3, -0.25) is 0 Å². The zero-order chi connectivity index (χ0) is 6.15. The SMILES string of the molecule is CC1=C(C(=O)O)C=C1. The molecule has 1 rings (SSSR count). The molecule has 0 aromatic carbocycles.